The fourth-order valence-corrected chi connectivity index (χ4v) is 3.74. The lowest BCUT2D eigenvalue weighted by Crippen LogP contribution is -2.45. The molecule has 2 aromatic rings. The standard InChI is InChI=1S/C21H28N4O3/c1-13-7-6-8-14(2)25(13)21-22-15(3)18(20(26)28-5)19(24-21)23-16-9-11-17(27-4)12-10-16/h9-14H,6-8H2,1-5H3,(H,22,23,24)/t13-,14+. The van der Waals surface area contributed by atoms with Crippen LogP contribution in [0.5, 0.6) is 5.75 Å². The molecule has 28 heavy (non-hydrogen) atoms. The molecule has 0 radical (unpaired) electrons. The van der Waals surface area contributed by atoms with Crippen molar-refractivity contribution in [1.29, 1.82) is 0 Å². The average molecular weight is 384 g/mol. The van der Waals surface area contributed by atoms with Crippen LogP contribution >= 0.6 is 0 Å². The number of hydrogen-bond donors (Lipinski definition) is 1. The molecule has 7 nitrogen and oxygen atoms in total. The van der Waals surface area contributed by atoms with Gasteiger partial charge in [0.15, 0.2) is 5.82 Å². The smallest absolute Gasteiger partial charge is 0.343 e. The lowest BCUT2D eigenvalue weighted by Gasteiger charge is -2.39. The molecule has 7 heteroatoms. The van der Waals surface area contributed by atoms with Gasteiger partial charge in [0.1, 0.15) is 11.3 Å². The normalized spacial score (nSPS) is 19.2. The number of methoxy groups -OCH3 is 2. The number of esters is 1. The molecule has 1 aliphatic heterocycles. The highest BCUT2D eigenvalue weighted by Gasteiger charge is 2.29. The number of nitrogens with one attached hydrogen (secondary N) is 1. The number of hydrogen-bond acceptors (Lipinski definition) is 7. The second kappa shape index (κ2) is 8.46. The molecule has 0 bridgehead atoms. The SMILES string of the molecule is COC(=O)c1c(C)nc(N2[C@H](C)CCC[C@@H]2C)nc1Nc1ccc(OC)cc1. The minimum absolute atomic E-state index is 0.347. The first kappa shape index (κ1) is 19.9. The van der Waals surface area contributed by atoms with E-state index in [1.54, 1.807) is 7.11 Å². The van der Waals surface area contributed by atoms with E-state index in [9.17, 15) is 4.79 Å². The first-order valence-corrected chi connectivity index (χ1v) is 9.61. The van der Waals surface area contributed by atoms with Crippen LogP contribution in [0.3, 0.4) is 0 Å². The third-order valence-electron chi connectivity index (χ3n) is 5.24. The van der Waals surface area contributed by atoms with Gasteiger partial charge in [-0.1, -0.05) is 0 Å². The quantitative estimate of drug-likeness (QED) is 0.778. The van der Waals surface area contributed by atoms with E-state index in [1.807, 2.05) is 31.2 Å². The van der Waals surface area contributed by atoms with Crippen LogP contribution in [0.1, 0.15) is 49.2 Å². The summed E-state index contributed by atoms with van der Waals surface area (Å²) in [4.78, 5) is 24.0. The topological polar surface area (TPSA) is 76.6 Å². The summed E-state index contributed by atoms with van der Waals surface area (Å²) in [5.41, 5.74) is 1.74. The molecule has 2 atom stereocenters. The van der Waals surface area contributed by atoms with Crippen molar-refractivity contribution in [1.82, 2.24) is 9.97 Å². The zero-order chi connectivity index (χ0) is 20.3. The van der Waals surface area contributed by atoms with E-state index in [1.165, 1.54) is 13.5 Å². The Morgan fingerprint density at radius 3 is 2.32 bits per heavy atom. The number of ether oxygens (including phenoxy) is 2. The molecule has 1 aliphatic rings. The number of anilines is 3. The third kappa shape index (κ3) is 4.03. The van der Waals surface area contributed by atoms with Gasteiger partial charge in [-0.05, 0) is 64.3 Å². The van der Waals surface area contributed by atoms with E-state index < -0.39 is 5.97 Å². The first-order chi connectivity index (χ1) is 13.4. The molecule has 1 N–H and O–H groups in total. The average Bonchev–Trinajstić information content (AvgIpc) is 2.68. The molecule has 0 unspecified atom stereocenters. The van der Waals surface area contributed by atoms with Gasteiger partial charge in [0, 0.05) is 17.8 Å². The number of rotatable bonds is 5. The maximum atomic E-state index is 12.4. The number of carbonyl (C=O) groups is 1. The van der Waals surface area contributed by atoms with Crippen LogP contribution in [0.2, 0.25) is 0 Å². The second-order valence-corrected chi connectivity index (χ2v) is 7.21. The molecule has 1 aromatic carbocycles. The van der Waals surface area contributed by atoms with Crippen LogP contribution in [-0.4, -0.2) is 42.2 Å². The van der Waals surface area contributed by atoms with Crippen LogP contribution in [0.25, 0.3) is 0 Å². The minimum Gasteiger partial charge on any atom is -0.497 e. The lowest BCUT2D eigenvalue weighted by molar-refractivity contribution is 0.0600. The number of nitrogens with zero attached hydrogens (tertiary/aromatic N) is 3. The summed E-state index contributed by atoms with van der Waals surface area (Å²) >= 11 is 0. The van der Waals surface area contributed by atoms with Gasteiger partial charge in [0.2, 0.25) is 5.95 Å². The van der Waals surface area contributed by atoms with Gasteiger partial charge in [-0.3, -0.25) is 0 Å². The first-order valence-electron chi connectivity index (χ1n) is 9.61. The monoisotopic (exact) mass is 384 g/mol. The summed E-state index contributed by atoms with van der Waals surface area (Å²) in [6.45, 7) is 6.20. The van der Waals surface area contributed by atoms with Gasteiger partial charge < -0.3 is 19.7 Å². The zero-order valence-corrected chi connectivity index (χ0v) is 17.2. The van der Waals surface area contributed by atoms with E-state index >= 15 is 0 Å². The van der Waals surface area contributed by atoms with Crippen molar-refractivity contribution in [3.05, 3.63) is 35.5 Å². The Morgan fingerprint density at radius 1 is 1.11 bits per heavy atom. The summed E-state index contributed by atoms with van der Waals surface area (Å²) in [6, 6.07) is 8.15. The van der Waals surface area contributed by atoms with Gasteiger partial charge >= 0.3 is 5.97 Å². The Morgan fingerprint density at radius 2 is 1.75 bits per heavy atom. The highest BCUT2D eigenvalue weighted by molar-refractivity contribution is 5.96. The van der Waals surface area contributed by atoms with E-state index in [4.69, 9.17) is 14.5 Å². The highest BCUT2D eigenvalue weighted by Crippen LogP contribution is 2.30. The number of aryl methyl sites for hydroxylation is 1. The summed E-state index contributed by atoms with van der Waals surface area (Å²) in [5.74, 6) is 1.39. The fraction of sp³-hybridized carbons (Fsp3) is 0.476. The number of piperidine rings is 1. The van der Waals surface area contributed by atoms with Crippen LogP contribution in [0.4, 0.5) is 17.5 Å². The summed E-state index contributed by atoms with van der Waals surface area (Å²) in [5, 5.41) is 3.25. The molecule has 150 valence electrons. The summed E-state index contributed by atoms with van der Waals surface area (Å²) in [7, 11) is 2.99. The van der Waals surface area contributed by atoms with Crippen molar-refractivity contribution in [2.75, 3.05) is 24.4 Å². The van der Waals surface area contributed by atoms with Crippen LogP contribution in [-0.2, 0) is 4.74 Å². The molecular weight excluding hydrogens is 356 g/mol. The molecule has 0 amide bonds. The Labute approximate surface area is 166 Å². The van der Waals surface area contributed by atoms with E-state index in [0.717, 1.165) is 24.3 Å². The van der Waals surface area contributed by atoms with Gasteiger partial charge in [0.05, 0.1) is 19.9 Å². The van der Waals surface area contributed by atoms with E-state index in [-0.39, 0.29) is 0 Å². The van der Waals surface area contributed by atoms with Crippen molar-refractivity contribution in [2.45, 2.75) is 52.1 Å². The van der Waals surface area contributed by atoms with Crippen molar-refractivity contribution < 1.29 is 14.3 Å². The molecule has 2 heterocycles. The third-order valence-corrected chi connectivity index (χ3v) is 5.24. The summed E-state index contributed by atoms with van der Waals surface area (Å²) < 4.78 is 10.2. The van der Waals surface area contributed by atoms with Crippen molar-refractivity contribution in [3.8, 4) is 5.75 Å². The molecule has 0 saturated carbocycles. The van der Waals surface area contributed by atoms with Crippen LogP contribution < -0.4 is 15.0 Å². The number of aromatic nitrogens is 2. The molecular formula is C21H28N4O3. The van der Waals surface area contributed by atoms with Crippen molar-refractivity contribution >= 4 is 23.4 Å². The minimum atomic E-state index is -0.459. The largest absolute Gasteiger partial charge is 0.497 e. The maximum Gasteiger partial charge on any atom is 0.343 e. The Hall–Kier alpha value is -2.83. The van der Waals surface area contributed by atoms with Crippen LogP contribution in [0, 0.1) is 6.92 Å². The van der Waals surface area contributed by atoms with E-state index in [0.29, 0.717) is 35.1 Å². The zero-order valence-electron chi connectivity index (χ0n) is 17.2. The fourth-order valence-electron chi connectivity index (χ4n) is 3.74. The molecule has 3 rings (SSSR count). The van der Waals surface area contributed by atoms with Gasteiger partial charge in [0.25, 0.3) is 0 Å². The highest BCUT2D eigenvalue weighted by atomic mass is 16.5. The number of carbonyl (C=O) groups excluding carboxylic acids is 1. The molecule has 1 aromatic heterocycles. The van der Waals surface area contributed by atoms with E-state index in [2.05, 4.69) is 29.0 Å². The number of benzene rings is 1. The van der Waals surface area contributed by atoms with Crippen molar-refractivity contribution in [3.63, 3.8) is 0 Å². The molecule has 1 saturated heterocycles. The van der Waals surface area contributed by atoms with Crippen molar-refractivity contribution in [2.24, 2.45) is 0 Å². The Bertz CT molecular complexity index is 828. The second-order valence-electron chi connectivity index (χ2n) is 7.21. The Kier molecular flexibility index (Phi) is 6.02. The predicted octanol–water partition coefficient (Wildman–Crippen LogP) is 4.09. The summed E-state index contributed by atoms with van der Waals surface area (Å²) in [6.07, 6.45) is 3.41. The van der Waals surface area contributed by atoms with Gasteiger partial charge in [-0.2, -0.15) is 4.98 Å². The maximum absolute atomic E-state index is 12.4. The lowest BCUT2D eigenvalue weighted by atomic mass is 9.98. The molecule has 0 spiro atoms. The van der Waals surface area contributed by atoms with Gasteiger partial charge in [-0.15, -0.1) is 0 Å². The van der Waals surface area contributed by atoms with Gasteiger partial charge in [-0.25, -0.2) is 9.78 Å². The predicted molar refractivity (Wildman–Crippen MR) is 110 cm³/mol. The molecule has 1 fully saturated rings. The van der Waals surface area contributed by atoms with Crippen LogP contribution in [0.15, 0.2) is 24.3 Å². The Balaban J connectivity index is 2.03. The molecule has 0 aliphatic carbocycles.